The molecule has 172 valence electrons. The van der Waals surface area contributed by atoms with Crippen LogP contribution in [0.1, 0.15) is 11.1 Å². The van der Waals surface area contributed by atoms with Gasteiger partial charge in [-0.1, -0.05) is 36.4 Å². The van der Waals surface area contributed by atoms with E-state index < -0.39 is 0 Å². The lowest BCUT2D eigenvalue weighted by atomic mass is 10.1. The molecule has 0 N–H and O–H groups in total. The molecule has 2 heterocycles. The highest BCUT2D eigenvalue weighted by atomic mass is 19.1. The Morgan fingerprint density at radius 3 is 2.31 bits per heavy atom. The minimum atomic E-state index is -0.162. The maximum Gasteiger partial charge on any atom is 0.236 e. The number of amides is 1. The zero-order valence-corrected chi connectivity index (χ0v) is 18.9. The van der Waals surface area contributed by atoms with Crippen molar-refractivity contribution in [1.29, 1.82) is 0 Å². The van der Waals surface area contributed by atoms with Crippen LogP contribution in [-0.4, -0.2) is 86.7 Å². The van der Waals surface area contributed by atoms with Gasteiger partial charge >= 0.3 is 0 Å². The van der Waals surface area contributed by atoms with Crippen LogP contribution in [0.15, 0.2) is 48.5 Å². The number of halogens is 1. The zero-order valence-electron chi connectivity index (χ0n) is 18.9. The summed E-state index contributed by atoms with van der Waals surface area (Å²) in [7, 11) is 2.00. The van der Waals surface area contributed by atoms with Crippen molar-refractivity contribution in [3.8, 4) is 0 Å². The zero-order chi connectivity index (χ0) is 22.3. The smallest absolute Gasteiger partial charge is 0.236 e. The summed E-state index contributed by atoms with van der Waals surface area (Å²) in [5.74, 6) is -0.00751. The molecule has 7 heteroatoms. The monoisotopic (exact) mass is 440 g/mol. The van der Waals surface area contributed by atoms with Crippen LogP contribution < -0.4 is 4.90 Å². The highest BCUT2D eigenvalue weighted by Gasteiger charge is 2.23. The first-order chi connectivity index (χ1) is 15.6. The Kier molecular flexibility index (Phi) is 7.73. The van der Waals surface area contributed by atoms with Crippen LogP contribution in [0.2, 0.25) is 0 Å². The van der Waals surface area contributed by atoms with Gasteiger partial charge < -0.3 is 14.5 Å². The molecule has 0 saturated carbocycles. The lowest BCUT2D eigenvalue weighted by Gasteiger charge is -2.35. The van der Waals surface area contributed by atoms with E-state index >= 15 is 0 Å². The number of piperazine rings is 1. The van der Waals surface area contributed by atoms with E-state index in [9.17, 15) is 9.18 Å². The molecule has 0 spiro atoms. The average Bonchev–Trinajstić information content (AvgIpc) is 2.82. The van der Waals surface area contributed by atoms with Crippen LogP contribution in [0.25, 0.3) is 0 Å². The molecule has 2 aromatic carbocycles. The molecule has 2 saturated heterocycles. The summed E-state index contributed by atoms with van der Waals surface area (Å²) in [5.41, 5.74) is 3.18. The van der Waals surface area contributed by atoms with Gasteiger partial charge in [-0.25, -0.2) is 4.39 Å². The second-order valence-corrected chi connectivity index (χ2v) is 8.65. The first kappa shape index (κ1) is 22.7. The maximum absolute atomic E-state index is 13.9. The summed E-state index contributed by atoms with van der Waals surface area (Å²) < 4.78 is 19.4. The van der Waals surface area contributed by atoms with E-state index in [0.29, 0.717) is 31.7 Å². The summed E-state index contributed by atoms with van der Waals surface area (Å²) in [6.45, 7) is 7.93. The third-order valence-corrected chi connectivity index (χ3v) is 6.27. The number of ether oxygens (including phenoxy) is 1. The molecular weight excluding hydrogens is 407 g/mol. The number of benzene rings is 2. The van der Waals surface area contributed by atoms with Gasteiger partial charge in [-0.15, -0.1) is 0 Å². The molecule has 1 amide bonds. The fourth-order valence-corrected chi connectivity index (χ4v) is 4.46. The van der Waals surface area contributed by atoms with Crippen molar-refractivity contribution in [3.63, 3.8) is 0 Å². The predicted octanol–water partition coefficient (Wildman–Crippen LogP) is 2.44. The predicted molar refractivity (Wildman–Crippen MR) is 124 cm³/mol. The number of anilines is 1. The Labute approximate surface area is 190 Å². The van der Waals surface area contributed by atoms with Crippen LogP contribution in [0.4, 0.5) is 10.1 Å². The summed E-state index contributed by atoms with van der Waals surface area (Å²) in [6, 6.07) is 15.3. The largest absolute Gasteiger partial charge is 0.378 e. The van der Waals surface area contributed by atoms with E-state index in [1.807, 2.05) is 24.1 Å². The minimum absolute atomic E-state index is 0.155. The summed E-state index contributed by atoms with van der Waals surface area (Å²) in [5, 5.41) is 0. The van der Waals surface area contributed by atoms with Gasteiger partial charge in [-0.2, -0.15) is 0 Å². The van der Waals surface area contributed by atoms with Crippen LogP contribution in [-0.2, 0) is 22.6 Å². The van der Waals surface area contributed by atoms with Crippen LogP contribution in [0.5, 0.6) is 0 Å². The molecule has 0 unspecified atom stereocenters. The quantitative estimate of drug-likeness (QED) is 0.661. The third-order valence-electron chi connectivity index (χ3n) is 6.27. The van der Waals surface area contributed by atoms with Gasteiger partial charge in [-0.05, 0) is 24.7 Å². The fourth-order valence-electron chi connectivity index (χ4n) is 4.46. The molecule has 4 rings (SSSR count). The molecule has 0 bridgehead atoms. The van der Waals surface area contributed by atoms with Gasteiger partial charge in [0, 0.05) is 63.6 Å². The normalized spacial score (nSPS) is 17.7. The number of nitrogens with zero attached hydrogens (tertiary/aromatic N) is 4. The summed E-state index contributed by atoms with van der Waals surface area (Å²) >= 11 is 0. The highest BCUT2D eigenvalue weighted by molar-refractivity contribution is 5.78. The van der Waals surface area contributed by atoms with E-state index in [-0.39, 0.29) is 11.7 Å². The molecule has 2 fully saturated rings. The number of carbonyl (C=O) groups excluding carboxylic acids is 1. The second-order valence-electron chi connectivity index (χ2n) is 8.65. The van der Waals surface area contributed by atoms with E-state index in [4.69, 9.17) is 4.74 Å². The van der Waals surface area contributed by atoms with Gasteiger partial charge in [-0.3, -0.25) is 14.6 Å². The number of carbonyl (C=O) groups is 1. The number of para-hydroxylation sites is 1. The van der Waals surface area contributed by atoms with Crippen LogP contribution in [0, 0.1) is 5.82 Å². The maximum atomic E-state index is 13.9. The molecular formula is C25H33FN4O2. The Balaban J connectivity index is 1.26. The molecule has 2 aliphatic rings. The van der Waals surface area contributed by atoms with E-state index in [1.54, 1.807) is 6.07 Å². The Hall–Kier alpha value is -2.48. The van der Waals surface area contributed by atoms with Crippen molar-refractivity contribution in [2.24, 2.45) is 0 Å². The number of hydrogen-bond acceptors (Lipinski definition) is 5. The van der Waals surface area contributed by atoms with E-state index in [2.05, 4.69) is 39.0 Å². The number of morpholine rings is 1. The molecule has 0 aromatic heterocycles. The van der Waals surface area contributed by atoms with Crippen molar-refractivity contribution in [3.05, 3.63) is 65.5 Å². The van der Waals surface area contributed by atoms with Crippen molar-refractivity contribution < 1.29 is 13.9 Å². The van der Waals surface area contributed by atoms with Gasteiger partial charge in [0.2, 0.25) is 5.91 Å². The summed E-state index contributed by atoms with van der Waals surface area (Å²) in [6.07, 6.45) is 0. The van der Waals surface area contributed by atoms with E-state index in [1.165, 1.54) is 17.3 Å². The van der Waals surface area contributed by atoms with Gasteiger partial charge in [0.25, 0.3) is 0 Å². The summed E-state index contributed by atoms with van der Waals surface area (Å²) in [4.78, 5) is 21.5. The van der Waals surface area contributed by atoms with Crippen molar-refractivity contribution in [2.75, 3.05) is 71.0 Å². The highest BCUT2D eigenvalue weighted by Crippen LogP contribution is 2.22. The molecule has 6 nitrogen and oxygen atoms in total. The van der Waals surface area contributed by atoms with Crippen LogP contribution >= 0.6 is 0 Å². The Morgan fingerprint density at radius 1 is 0.938 bits per heavy atom. The van der Waals surface area contributed by atoms with Crippen molar-refractivity contribution in [1.82, 2.24) is 14.7 Å². The number of likely N-dealkylation sites (N-methyl/N-ethyl adjacent to an activating group) is 1. The number of rotatable bonds is 7. The molecule has 2 aromatic rings. The Morgan fingerprint density at radius 2 is 1.59 bits per heavy atom. The topological polar surface area (TPSA) is 39.3 Å². The third kappa shape index (κ3) is 5.85. The lowest BCUT2D eigenvalue weighted by Crippen LogP contribution is -2.50. The second kappa shape index (κ2) is 10.9. The minimum Gasteiger partial charge on any atom is -0.378 e. The van der Waals surface area contributed by atoms with Gasteiger partial charge in [0.1, 0.15) is 5.82 Å². The molecule has 0 radical (unpaired) electrons. The SMILES string of the molecule is CN(CC(=O)N1CCN(Cc2ccccc2F)CC1)Cc1ccccc1N1CCOCC1. The first-order valence-electron chi connectivity index (χ1n) is 11.4. The molecule has 32 heavy (non-hydrogen) atoms. The fraction of sp³-hybridized carbons (Fsp3) is 0.480. The number of hydrogen-bond donors (Lipinski definition) is 0. The van der Waals surface area contributed by atoms with Crippen molar-refractivity contribution in [2.45, 2.75) is 13.1 Å². The lowest BCUT2D eigenvalue weighted by molar-refractivity contribution is -0.134. The van der Waals surface area contributed by atoms with Crippen LogP contribution in [0.3, 0.4) is 0 Å². The van der Waals surface area contributed by atoms with Gasteiger partial charge in [0.05, 0.1) is 19.8 Å². The van der Waals surface area contributed by atoms with E-state index in [0.717, 1.165) is 45.9 Å². The molecule has 2 aliphatic heterocycles. The average molecular weight is 441 g/mol. The first-order valence-corrected chi connectivity index (χ1v) is 11.4. The molecule has 0 atom stereocenters. The Bertz CT molecular complexity index is 895. The van der Waals surface area contributed by atoms with Gasteiger partial charge in [0.15, 0.2) is 0 Å². The molecule has 0 aliphatic carbocycles. The standard InChI is InChI=1S/C25H33FN4O2/c1-27(18-22-7-3-5-9-24(22)29-14-16-32-17-15-29)20-25(31)30-12-10-28(11-13-30)19-21-6-2-4-8-23(21)26/h2-9H,10-20H2,1H3. The van der Waals surface area contributed by atoms with Crippen molar-refractivity contribution >= 4 is 11.6 Å².